The predicted octanol–water partition coefficient (Wildman–Crippen LogP) is 3.74. The van der Waals surface area contributed by atoms with Crippen LogP contribution in [0.1, 0.15) is 32.6 Å². The fraction of sp³-hybridized carbons (Fsp3) is 0.200. The molecule has 0 aliphatic rings. The highest BCUT2D eigenvalue weighted by Gasteiger charge is 2.10. The number of carbonyl (C=O) groups excluding carboxylic acids is 1. The first kappa shape index (κ1) is 13.3. The van der Waals surface area contributed by atoms with Crippen molar-refractivity contribution in [3.05, 3.63) is 51.2 Å². The van der Waals surface area contributed by atoms with Gasteiger partial charge in [0.1, 0.15) is 0 Å². The number of benzene rings is 1. The first-order valence-electron chi connectivity index (χ1n) is 6.05. The highest BCUT2D eigenvalue weighted by atomic mass is 32.1. The largest absolute Gasteiger partial charge is 0.321 e. The summed E-state index contributed by atoms with van der Waals surface area (Å²) >= 11 is 1.50. The minimum Gasteiger partial charge on any atom is -0.321 e. The van der Waals surface area contributed by atoms with Gasteiger partial charge >= 0.3 is 0 Å². The lowest BCUT2D eigenvalue weighted by Gasteiger charge is -2.07. The van der Waals surface area contributed by atoms with Crippen molar-refractivity contribution in [3.63, 3.8) is 0 Å². The van der Waals surface area contributed by atoms with Crippen LogP contribution in [0.2, 0.25) is 0 Å². The summed E-state index contributed by atoms with van der Waals surface area (Å²) in [6, 6.07) is 11.1. The van der Waals surface area contributed by atoms with Gasteiger partial charge in [-0.15, -0.1) is 11.3 Å². The van der Waals surface area contributed by atoms with Crippen LogP contribution in [0.5, 0.6) is 0 Å². The van der Waals surface area contributed by atoms with Gasteiger partial charge in [0.2, 0.25) is 0 Å². The third-order valence-corrected chi connectivity index (χ3v) is 4.08. The number of nitriles is 1. The maximum absolute atomic E-state index is 12.1. The van der Waals surface area contributed by atoms with E-state index in [2.05, 4.69) is 18.3 Å². The first-order valence-corrected chi connectivity index (χ1v) is 6.86. The Kier molecular flexibility index (Phi) is 3.98. The van der Waals surface area contributed by atoms with Crippen LogP contribution in [0.25, 0.3) is 0 Å². The van der Waals surface area contributed by atoms with E-state index >= 15 is 0 Å². The van der Waals surface area contributed by atoms with Crippen LogP contribution in [0.4, 0.5) is 5.69 Å². The maximum Gasteiger partial charge on any atom is 0.265 e. The molecule has 19 heavy (non-hydrogen) atoms. The maximum atomic E-state index is 12.1. The molecule has 1 aromatic carbocycles. The summed E-state index contributed by atoms with van der Waals surface area (Å²) in [6.45, 7) is 3.97. The molecule has 2 aromatic rings. The van der Waals surface area contributed by atoms with Gasteiger partial charge in [-0.05, 0) is 43.2 Å². The lowest BCUT2D eigenvalue weighted by Crippen LogP contribution is -2.11. The fourth-order valence-electron chi connectivity index (χ4n) is 1.70. The molecular weight excluding hydrogens is 256 g/mol. The highest BCUT2D eigenvalue weighted by molar-refractivity contribution is 7.14. The van der Waals surface area contributed by atoms with Gasteiger partial charge in [0.05, 0.1) is 16.5 Å². The fourth-order valence-corrected chi connectivity index (χ4v) is 2.54. The van der Waals surface area contributed by atoms with E-state index in [9.17, 15) is 4.79 Å². The van der Waals surface area contributed by atoms with Gasteiger partial charge in [-0.3, -0.25) is 4.79 Å². The Morgan fingerprint density at radius 3 is 2.79 bits per heavy atom. The molecule has 1 N–H and O–H groups in total. The molecule has 3 nitrogen and oxygen atoms in total. The molecule has 0 aliphatic heterocycles. The van der Waals surface area contributed by atoms with Crippen molar-refractivity contribution in [3.8, 4) is 6.07 Å². The Labute approximate surface area is 116 Å². The lowest BCUT2D eigenvalue weighted by molar-refractivity contribution is 0.103. The molecule has 4 heteroatoms. The van der Waals surface area contributed by atoms with E-state index in [0.29, 0.717) is 16.1 Å². The molecule has 2 rings (SSSR count). The Morgan fingerprint density at radius 2 is 2.16 bits per heavy atom. The average molecular weight is 270 g/mol. The molecule has 1 heterocycles. The van der Waals surface area contributed by atoms with Crippen molar-refractivity contribution >= 4 is 22.9 Å². The van der Waals surface area contributed by atoms with E-state index in [1.54, 1.807) is 12.1 Å². The van der Waals surface area contributed by atoms with E-state index in [1.807, 2.05) is 25.1 Å². The minimum atomic E-state index is -0.122. The molecule has 96 valence electrons. The molecule has 0 saturated carbocycles. The van der Waals surface area contributed by atoms with Crippen LogP contribution in [0.15, 0.2) is 30.3 Å². The van der Waals surface area contributed by atoms with Crippen molar-refractivity contribution in [2.45, 2.75) is 20.3 Å². The quantitative estimate of drug-likeness (QED) is 0.923. The molecule has 0 unspecified atom stereocenters. The number of aryl methyl sites for hydroxylation is 2. The van der Waals surface area contributed by atoms with E-state index in [4.69, 9.17) is 5.26 Å². The van der Waals surface area contributed by atoms with Crippen molar-refractivity contribution < 1.29 is 4.79 Å². The second-order valence-electron chi connectivity index (χ2n) is 4.22. The zero-order valence-electron chi connectivity index (χ0n) is 10.9. The van der Waals surface area contributed by atoms with Crippen LogP contribution in [0.3, 0.4) is 0 Å². The van der Waals surface area contributed by atoms with Crippen LogP contribution in [0, 0.1) is 18.3 Å². The monoisotopic (exact) mass is 270 g/mol. The molecule has 1 aromatic heterocycles. The number of rotatable bonds is 3. The zero-order valence-corrected chi connectivity index (χ0v) is 11.7. The molecule has 0 spiro atoms. The number of nitrogens with zero attached hydrogens (tertiary/aromatic N) is 1. The summed E-state index contributed by atoms with van der Waals surface area (Å²) in [5, 5.41) is 11.7. The molecule has 0 saturated heterocycles. The number of thiophene rings is 1. The second kappa shape index (κ2) is 5.68. The summed E-state index contributed by atoms with van der Waals surface area (Å²) in [4.78, 5) is 14.0. The molecule has 0 fully saturated rings. The summed E-state index contributed by atoms with van der Waals surface area (Å²) < 4.78 is 0. The Balaban J connectivity index is 2.21. The number of hydrogen-bond acceptors (Lipinski definition) is 3. The van der Waals surface area contributed by atoms with Gasteiger partial charge < -0.3 is 5.32 Å². The molecule has 0 atom stereocenters. The topological polar surface area (TPSA) is 52.9 Å². The van der Waals surface area contributed by atoms with Crippen molar-refractivity contribution in [1.29, 1.82) is 5.26 Å². The van der Waals surface area contributed by atoms with Crippen molar-refractivity contribution in [2.75, 3.05) is 5.32 Å². The summed E-state index contributed by atoms with van der Waals surface area (Å²) in [5.41, 5.74) is 2.18. The Morgan fingerprint density at radius 1 is 1.37 bits per heavy atom. The van der Waals surface area contributed by atoms with Gasteiger partial charge in [-0.2, -0.15) is 5.26 Å². The Bertz CT molecular complexity index is 652. The smallest absolute Gasteiger partial charge is 0.265 e. The van der Waals surface area contributed by atoms with E-state index in [1.165, 1.54) is 16.2 Å². The number of nitrogens with one attached hydrogen (secondary N) is 1. The van der Waals surface area contributed by atoms with Gasteiger partial charge in [0, 0.05) is 10.6 Å². The lowest BCUT2D eigenvalue weighted by atomic mass is 10.1. The van der Waals surface area contributed by atoms with Crippen molar-refractivity contribution in [2.24, 2.45) is 0 Å². The van der Waals surface area contributed by atoms with Crippen molar-refractivity contribution in [1.82, 2.24) is 0 Å². The summed E-state index contributed by atoms with van der Waals surface area (Å²) in [6.07, 6.45) is 0.931. The third-order valence-electron chi connectivity index (χ3n) is 2.85. The van der Waals surface area contributed by atoms with Crippen LogP contribution < -0.4 is 5.32 Å². The number of hydrogen-bond donors (Lipinski definition) is 1. The molecule has 1 amide bonds. The molecular formula is C15H14N2OS. The number of anilines is 1. The Hall–Kier alpha value is -2.12. The van der Waals surface area contributed by atoms with Gasteiger partial charge in [-0.1, -0.05) is 13.0 Å². The first-order chi connectivity index (χ1) is 9.13. The van der Waals surface area contributed by atoms with Gasteiger partial charge in [0.15, 0.2) is 0 Å². The standard InChI is InChI=1S/C15H14N2OS/c1-3-12-6-7-14(19-12)15(18)17-13-8-11(9-16)5-4-10(13)2/h4-8H,3H2,1-2H3,(H,17,18). The highest BCUT2D eigenvalue weighted by Crippen LogP contribution is 2.21. The normalized spacial score (nSPS) is 9.95. The predicted molar refractivity (Wildman–Crippen MR) is 77.5 cm³/mol. The van der Waals surface area contributed by atoms with E-state index in [0.717, 1.165) is 12.0 Å². The molecule has 0 aliphatic carbocycles. The number of carbonyl (C=O) groups is 1. The molecule has 0 radical (unpaired) electrons. The van der Waals surface area contributed by atoms with Gasteiger partial charge in [-0.25, -0.2) is 0 Å². The zero-order chi connectivity index (χ0) is 13.8. The second-order valence-corrected chi connectivity index (χ2v) is 5.38. The van der Waals surface area contributed by atoms with Crippen LogP contribution in [-0.2, 0) is 6.42 Å². The summed E-state index contributed by atoms with van der Waals surface area (Å²) in [5.74, 6) is -0.122. The van der Waals surface area contributed by atoms with Crippen LogP contribution in [-0.4, -0.2) is 5.91 Å². The van der Waals surface area contributed by atoms with E-state index in [-0.39, 0.29) is 5.91 Å². The minimum absolute atomic E-state index is 0.122. The summed E-state index contributed by atoms with van der Waals surface area (Å²) in [7, 11) is 0. The van der Waals surface area contributed by atoms with Gasteiger partial charge in [0.25, 0.3) is 5.91 Å². The molecule has 0 bridgehead atoms. The number of amides is 1. The third kappa shape index (κ3) is 3.01. The average Bonchev–Trinajstić information content (AvgIpc) is 2.90. The van der Waals surface area contributed by atoms with Crippen LogP contribution >= 0.6 is 11.3 Å². The van der Waals surface area contributed by atoms with E-state index < -0.39 is 0 Å². The SMILES string of the molecule is CCc1ccc(C(=O)Nc2cc(C#N)ccc2C)s1.